The van der Waals surface area contributed by atoms with Crippen molar-refractivity contribution in [1.82, 2.24) is 0 Å². The summed E-state index contributed by atoms with van der Waals surface area (Å²) in [6.07, 6.45) is 0.919. The summed E-state index contributed by atoms with van der Waals surface area (Å²) in [6, 6.07) is 0. The van der Waals surface area contributed by atoms with E-state index in [2.05, 4.69) is 0 Å². The zero-order chi connectivity index (χ0) is 25.4. The van der Waals surface area contributed by atoms with Crippen molar-refractivity contribution >= 4 is 11.6 Å². The van der Waals surface area contributed by atoms with Gasteiger partial charge in [-0.2, -0.15) is 0 Å². The van der Waals surface area contributed by atoms with E-state index in [1.807, 2.05) is 13.8 Å². The van der Waals surface area contributed by atoms with Crippen LogP contribution in [-0.2, 0) is 23.8 Å². The number of fused-ring (bicyclic) bond motifs is 7. The van der Waals surface area contributed by atoms with Gasteiger partial charge >= 0.3 is 0 Å². The Kier molecular flexibility index (Phi) is 5.92. The van der Waals surface area contributed by atoms with Gasteiger partial charge in [-0.3, -0.25) is 9.59 Å². The number of carbonyl (C=O) groups excluding carboxylic acids is 2. The van der Waals surface area contributed by atoms with Crippen LogP contribution in [0.15, 0.2) is 23.8 Å². The van der Waals surface area contributed by atoms with Crippen LogP contribution in [0, 0.1) is 22.7 Å². The SMILES string of the molecule is CCCC1O[C@@H]2C[C@H]3[C@@H]4C[C@H](F)C5=CC(=O)C=C[C@]5(C)[C@@]4(F)[C@@H](O)C[C@]3(C)[C@]2(C(=O)COCN)O1. The van der Waals surface area contributed by atoms with Crippen LogP contribution in [0.1, 0.15) is 52.9 Å². The van der Waals surface area contributed by atoms with E-state index >= 15 is 8.78 Å². The molecule has 0 bridgehead atoms. The third-order valence-electron chi connectivity index (χ3n) is 9.71. The molecule has 4 fully saturated rings. The van der Waals surface area contributed by atoms with Gasteiger partial charge in [0.25, 0.3) is 0 Å². The normalized spacial score (nSPS) is 50.3. The zero-order valence-electron chi connectivity index (χ0n) is 20.5. The summed E-state index contributed by atoms with van der Waals surface area (Å²) in [5.74, 6) is -2.14. The molecule has 3 saturated carbocycles. The number of nitrogens with two attached hydrogens (primary N) is 1. The van der Waals surface area contributed by atoms with Crippen LogP contribution in [0.3, 0.4) is 0 Å². The summed E-state index contributed by atoms with van der Waals surface area (Å²) in [5.41, 5.74) is -0.623. The first-order chi connectivity index (χ1) is 16.5. The maximum Gasteiger partial charge on any atom is 0.193 e. The van der Waals surface area contributed by atoms with E-state index in [1.54, 1.807) is 6.92 Å². The fraction of sp³-hybridized carbons (Fsp3) is 0.769. The van der Waals surface area contributed by atoms with Gasteiger partial charge in [0.15, 0.2) is 29.1 Å². The summed E-state index contributed by atoms with van der Waals surface area (Å²) in [4.78, 5) is 25.7. The molecule has 1 heterocycles. The number of hydrogen-bond acceptors (Lipinski definition) is 7. The molecule has 5 aliphatic rings. The maximum atomic E-state index is 17.3. The van der Waals surface area contributed by atoms with Crippen LogP contribution in [0.2, 0.25) is 0 Å². The number of allylic oxidation sites excluding steroid dienone is 4. The van der Waals surface area contributed by atoms with Gasteiger partial charge < -0.3 is 25.1 Å². The first-order valence-electron chi connectivity index (χ1n) is 12.6. The lowest BCUT2D eigenvalue weighted by Crippen LogP contribution is -2.71. The van der Waals surface area contributed by atoms with Gasteiger partial charge in [-0.25, -0.2) is 8.78 Å². The minimum absolute atomic E-state index is 0.0701. The highest BCUT2D eigenvalue weighted by Gasteiger charge is 2.79. The fourth-order valence-electron chi connectivity index (χ4n) is 8.14. The summed E-state index contributed by atoms with van der Waals surface area (Å²) in [6.45, 7) is 4.94. The van der Waals surface area contributed by atoms with Crippen LogP contribution in [0.25, 0.3) is 0 Å². The van der Waals surface area contributed by atoms with Crippen LogP contribution in [-0.4, -0.2) is 66.0 Å². The average Bonchev–Trinajstić information content (AvgIpc) is 3.28. The largest absolute Gasteiger partial charge is 0.390 e. The molecule has 0 aromatic heterocycles. The van der Waals surface area contributed by atoms with Crippen LogP contribution in [0.4, 0.5) is 8.78 Å². The van der Waals surface area contributed by atoms with Crippen LogP contribution < -0.4 is 5.73 Å². The number of halogens is 2. The highest BCUT2D eigenvalue weighted by Crippen LogP contribution is 2.72. The zero-order valence-corrected chi connectivity index (χ0v) is 20.5. The first kappa shape index (κ1) is 25.1. The monoisotopic (exact) mass is 495 g/mol. The molecule has 3 N–H and O–H groups in total. The van der Waals surface area contributed by atoms with E-state index in [9.17, 15) is 14.7 Å². The molecule has 7 nitrogen and oxygen atoms in total. The van der Waals surface area contributed by atoms with Gasteiger partial charge in [0.1, 0.15) is 12.8 Å². The van der Waals surface area contributed by atoms with Gasteiger partial charge in [0, 0.05) is 16.7 Å². The second-order valence-electron chi connectivity index (χ2n) is 11.2. The lowest BCUT2D eigenvalue weighted by atomic mass is 9.44. The number of Topliss-reactive ketones (excluding diaryl/α,β-unsaturated/α-hetero) is 1. The summed E-state index contributed by atoms with van der Waals surface area (Å²) >= 11 is 0. The predicted molar refractivity (Wildman–Crippen MR) is 121 cm³/mol. The quantitative estimate of drug-likeness (QED) is 0.546. The third-order valence-corrected chi connectivity index (χ3v) is 9.71. The predicted octanol–water partition coefficient (Wildman–Crippen LogP) is 2.70. The molecule has 35 heavy (non-hydrogen) atoms. The van der Waals surface area contributed by atoms with E-state index in [1.165, 1.54) is 18.2 Å². The molecule has 0 aromatic rings. The molecule has 1 saturated heterocycles. The number of aliphatic hydroxyl groups is 1. The Hall–Kier alpha value is -1.52. The molecule has 9 heteroatoms. The van der Waals surface area contributed by atoms with Crippen molar-refractivity contribution in [3.63, 3.8) is 0 Å². The van der Waals surface area contributed by atoms with Crippen molar-refractivity contribution in [2.45, 2.75) is 88.8 Å². The average molecular weight is 496 g/mol. The molecule has 5 rings (SSSR count). The van der Waals surface area contributed by atoms with Gasteiger partial charge in [0.2, 0.25) is 0 Å². The van der Waals surface area contributed by atoms with Gasteiger partial charge in [-0.05, 0) is 56.3 Å². The molecule has 1 unspecified atom stereocenters. The van der Waals surface area contributed by atoms with Crippen molar-refractivity contribution in [3.05, 3.63) is 23.8 Å². The topological polar surface area (TPSA) is 108 Å². The summed E-state index contributed by atoms with van der Waals surface area (Å²) in [5, 5.41) is 11.5. The standard InChI is InChI=1S/C26H35F2NO6/c1-4-5-22-34-21-10-15-16-9-18(27)17-8-14(30)6-7-23(17,2)25(16,28)19(31)11-24(15,3)26(21,35-22)20(32)12-33-13-29/h6-8,15-16,18-19,21-22,31H,4-5,9-13,29H2,1-3H3/t15-,16-,18-,19-,21+,22?,23-,24-,25-,26+/m0/s1. The Labute approximate surface area is 204 Å². The maximum absolute atomic E-state index is 17.3. The lowest BCUT2D eigenvalue weighted by Gasteiger charge is -2.63. The van der Waals surface area contributed by atoms with Crippen LogP contribution >= 0.6 is 0 Å². The molecule has 0 amide bonds. The number of alkyl halides is 2. The second kappa shape index (κ2) is 8.25. The van der Waals surface area contributed by atoms with Crippen molar-refractivity contribution in [2.75, 3.05) is 13.3 Å². The molecule has 0 radical (unpaired) electrons. The van der Waals surface area contributed by atoms with Crippen LogP contribution in [0.5, 0.6) is 0 Å². The van der Waals surface area contributed by atoms with E-state index in [0.29, 0.717) is 12.8 Å². The number of aliphatic hydroxyl groups excluding tert-OH is 1. The molecular formula is C26H35F2NO6. The molecule has 1 aliphatic heterocycles. The van der Waals surface area contributed by atoms with Crippen molar-refractivity contribution in [1.29, 1.82) is 0 Å². The third kappa shape index (κ3) is 3.05. The molecule has 194 valence electrons. The first-order valence-corrected chi connectivity index (χ1v) is 12.6. The van der Waals surface area contributed by atoms with E-state index in [-0.39, 0.29) is 43.3 Å². The number of ketones is 2. The van der Waals surface area contributed by atoms with Crippen molar-refractivity contribution in [3.8, 4) is 0 Å². The highest BCUT2D eigenvalue weighted by molar-refractivity contribution is 6.01. The minimum Gasteiger partial charge on any atom is -0.390 e. The molecule has 0 aromatic carbocycles. The number of hydrogen-bond donors (Lipinski definition) is 2. The number of carbonyl (C=O) groups is 2. The summed E-state index contributed by atoms with van der Waals surface area (Å²) < 4.78 is 50.8. The van der Waals surface area contributed by atoms with Gasteiger partial charge in [-0.1, -0.05) is 26.3 Å². The molecule has 10 atom stereocenters. The molecule has 0 spiro atoms. The fourth-order valence-corrected chi connectivity index (χ4v) is 8.14. The van der Waals surface area contributed by atoms with E-state index in [0.717, 1.165) is 6.42 Å². The Bertz CT molecular complexity index is 987. The second-order valence-corrected chi connectivity index (χ2v) is 11.2. The van der Waals surface area contributed by atoms with Crippen molar-refractivity contribution in [2.24, 2.45) is 28.4 Å². The smallest absolute Gasteiger partial charge is 0.193 e. The van der Waals surface area contributed by atoms with Crippen molar-refractivity contribution < 1.29 is 37.7 Å². The Morgan fingerprint density at radius 1 is 1.31 bits per heavy atom. The lowest BCUT2D eigenvalue weighted by molar-refractivity contribution is -0.235. The highest BCUT2D eigenvalue weighted by atomic mass is 19.1. The Morgan fingerprint density at radius 2 is 2.06 bits per heavy atom. The molecular weight excluding hydrogens is 460 g/mol. The Morgan fingerprint density at radius 3 is 2.74 bits per heavy atom. The van der Waals surface area contributed by atoms with Gasteiger partial charge in [0.05, 0.1) is 18.9 Å². The minimum atomic E-state index is -2.22. The summed E-state index contributed by atoms with van der Waals surface area (Å²) in [7, 11) is 0. The van der Waals surface area contributed by atoms with Gasteiger partial charge in [-0.15, -0.1) is 0 Å². The number of rotatable bonds is 6. The number of ether oxygens (including phenoxy) is 3. The molecule has 4 aliphatic carbocycles. The van der Waals surface area contributed by atoms with E-state index < -0.39 is 58.6 Å². The Balaban J connectivity index is 1.60. The van der Waals surface area contributed by atoms with E-state index in [4.69, 9.17) is 19.9 Å².